The van der Waals surface area contributed by atoms with E-state index in [1.165, 1.54) is 29.5 Å². The molecule has 4 heteroatoms. The Labute approximate surface area is 109 Å². The molecular weight excluding hydrogens is 246 g/mol. The Morgan fingerprint density at radius 2 is 2.00 bits per heavy atom. The average molecular weight is 259 g/mol. The molecule has 1 heterocycles. The maximum absolute atomic E-state index is 11.0. The van der Waals surface area contributed by atoms with Crippen molar-refractivity contribution >= 4 is 17.3 Å². The number of carbonyl (C=O) groups is 1. The standard InChI is InChI=1S/C14H13NO2S/c16-12(17)11-9-15-13(18-11)14(7-4-8-14)10-5-2-1-3-6-10/h1-3,5-6,9H,4,7-8H2,(H,16,17). The molecule has 3 nitrogen and oxygen atoms in total. The summed E-state index contributed by atoms with van der Waals surface area (Å²) in [6.07, 6.45) is 4.77. The number of carboxylic acid groups (broad SMARTS) is 1. The molecule has 18 heavy (non-hydrogen) atoms. The van der Waals surface area contributed by atoms with Crippen LogP contribution in [0, 0.1) is 0 Å². The van der Waals surface area contributed by atoms with Crippen LogP contribution in [-0.2, 0) is 5.41 Å². The van der Waals surface area contributed by atoms with Crippen LogP contribution in [0.4, 0.5) is 0 Å². The van der Waals surface area contributed by atoms with Crippen molar-refractivity contribution in [2.45, 2.75) is 24.7 Å². The third-order valence-electron chi connectivity index (χ3n) is 3.66. The Balaban J connectivity index is 2.04. The molecule has 3 rings (SSSR count). The normalized spacial score (nSPS) is 17.1. The van der Waals surface area contributed by atoms with Gasteiger partial charge in [-0.05, 0) is 18.4 Å². The zero-order valence-electron chi connectivity index (χ0n) is 9.80. The first kappa shape index (κ1) is 11.4. The van der Waals surface area contributed by atoms with E-state index >= 15 is 0 Å². The van der Waals surface area contributed by atoms with Crippen LogP contribution < -0.4 is 0 Å². The fourth-order valence-electron chi connectivity index (χ4n) is 2.51. The summed E-state index contributed by atoms with van der Waals surface area (Å²) in [5.41, 5.74) is 1.21. The minimum atomic E-state index is -0.888. The van der Waals surface area contributed by atoms with Crippen LogP contribution >= 0.6 is 11.3 Å². The summed E-state index contributed by atoms with van der Waals surface area (Å²) in [5, 5.41) is 9.94. The first-order valence-electron chi connectivity index (χ1n) is 5.97. The van der Waals surface area contributed by atoms with E-state index in [9.17, 15) is 4.79 Å². The molecule has 1 aromatic heterocycles. The van der Waals surface area contributed by atoms with Crippen LogP contribution in [0.15, 0.2) is 36.5 Å². The van der Waals surface area contributed by atoms with Gasteiger partial charge in [0.05, 0.1) is 6.20 Å². The van der Waals surface area contributed by atoms with E-state index in [-0.39, 0.29) is 5.41 Å². The fraction of sp³-hybridized carbons (Fsp3) is 0.286. The third kappa shape index (κ3) is 1.64. The van der Waals surface area contributed by atoms with E-state index in [1.54, 1.807) is 0 Å². The van der Waals surface area contributed by atoms with Gasteiger partial charge in [0.15, 0.2) is 0 Å². The van der Waals surface area contributed by atoms with Gasteiger partial charge < -0.3 is 5.11 Å². The molecule has 1 N–H and O–H groups in total. The lowest BCUT2D eigenvalue weighted by molar-refractivity contribution is 0.0702. The Bertz CT molecular complexity index is 572. The lowest BCUT2D eigenvalue weighted by atomic mass is 9.65. The van der Waals surface area contributed by atoms with Crippen molar-refractivity contribution in [1.82, 2.24) is 4.98 Å². The number of thiazole rings is 1. The number of hydrogen-bond donors (Lipinski definition) is 1. The smallest absolute Gasteiger partial charge is 0.347 e. The van der Waals surface area contributed by atoms with Crippen molar-refractivity contribution in [2.75, 3.05) is 0 Å². The van der Waals surface area contributed by atoms with Gasteiger partial charge in [0.1, 0.15) is 9.88 Å². The minimum Gasteiger partial charge on any atom is -0.477 e. The topological polar surface area (TPSA) is 50.2 Å². The van der Waals surface area contributed by atoms with Gasteiger partial charge in [0, 0.05) is 5.41 Å². The lowest BCUT2D eigenvalue weighted by Crippen LogP contribution is -2.35. The van der Waals surface area contributed by atoms with E-state index in [2.05, 4.69) is 17.1 Å². The minimum absolute atomic E-state index is 0.0420. The third-order valence-corrected chi connectivity index (χ3v) is 4.85. The second-order valence-electron chi connectivity index (χ2n) is 4.64. The number of benzene rings is 1. The highest BCUT2D eigenvalue weighted by Gasteiger charge is 2.42. The van der Waals surface area contributed by atoms with Crippen molar-refractivity contribution in [2.24, 2.45) is 0 Å². The monoisotopic (exact) mass is 259 g/mol. The van der Waals surface area contributed by atoms with Gasteiger partial charge in [-0.1, -0.05) is 36.8 Å². The molecule has 1 aromatic carbocycles. The quantitative estimate of drug-likeness (QED) is 0.920. The number of hydrogen-bond acceptors (Lipinski definition) is 3. The maximum Gasteiger partial charge on any atom is 0.347 e. The molecule has 0 radical (unpaired) electrons. The number of aromatic carboxylic acids is 1. The first-order chi connectivity index (χ1) is 8.72. The lowest BCUT2D eigenvalue weighted by Gasteiger charge is -2.40. The summed E-state index contributed by atoms with van der Waals surface area (Å²) >= 11 is 1.31. The molecule has 0 unspecified atom stereocenters. The van der Waals surface area contributed by atoms with Gasteiger partial charge >= 0.3 is 5.97 Å². The number of rotatable bonds is 3. The van der Waals surface area contributed by atoms with E-state index in [0.29, 0.717) is 4.88 Å². The van der Waals surface area contributed by atoms with E-state index in [0.717, 1.165) is 17.8 Å². The van der Waals surface area contributed by atoms with Gasteiger partial charge in [0.25, 0.3) is 0 Å². The average Bonchev–Trinajstić information content (AvgIpc) is 2.79. The predicted molar refractivity (Wildman–Crippen MR) is 70.1 cm³/mol. The largest absolute Gasteiger partial charge is 0.477 e. The van der Waals surface area contributed by atoms with Gasteiger partial charge in [-0.2, -0.15) is 0 Å². The van der Waals surface area contributed by atoms with E-state index in [4.69, 9.17) is 5.11 Å². The molecule has 0 spiro atoms. The SMILES string of the molecule is O=C(O)c1cnc(C2(c3ccccc3)CCC2)s1. The van der Waals surface area contributed by atoms with Crippen LogP contribution in [0.3, 0.4) is 0 Å². The molecule has 92 valence electrons. The summed E-state index contributed by atoms with van der Waals surface area (Å²) in [7, 11) is 0. The molecule has 1 fully saturated rings. The van der Waals surface area contributed by atoms with Crippen molar-refractivity contribution < 1.29 is 9.90 Å². The summed E-state index contributed by atoms with van der Waals surface area (Å²) in [5.74, 6) is -0.888. The van der Waals surface area contributed by atoms with Crippen LogP contribution in [0.5, 0.6) is 0 Å². The molecule has 0 atom stereocenters. The van der Waals surface area contributed by atoms with Crippen LogP contribution in [0.2, 0.25) is 0 Å². The summed E-state index contributed by atoms with van der Waals surface area (Å²) < 4.78 is 0. The van der Waals surface area contributed by atoms with Gasteiger partial charge in [-0.25, -0.2) is 9.78 Å². The Morgan fingerprint density at radius 1 is 1.28 bits per heavy atom. The Morgan fingerprint density at radius 3 is 2.50 bits per heavy atom. The number of carboxylic acids is 1. The first-order valence-corrected chi connectivity index (χ1v) is 6.79. The molecule has 1 saturated carbocycles. The van der Waals surface area contributed by atoms with Crippen LogP contribution in [0.25, 0.3) is 0 Å². The molecular formula is C14H13NO2S. The van der Waals surface area contributed by atoms with Crippen molar-refractivity contribution in [1.29, 1.82) is 0 Å². The van der Waals surface area contributed by atoms with Gasteiger partial charge in [-0.3, -0.25) is 0 Å². The summed E-state index contributed by atoms with van der Waals surface area (Å²) in [6.45, 7) is 0. The molecule has 1 aliphatic rings. The zero-order valence-corrected chi connectivity index (χ0v) is 10.6. The van der Waals surface area contributed by atoms with Crippen molar-refractivity contribution in [3.05, 3.63) is 52.0 Å². The number of aromatic nitrogens is 1. The highest BCUT2D eigenvalue weighted by atomic mass is 32.1. The second-order valence-corrected chi connectivity index (χ2v) is 5.67. The molecule has 2 aromatic rings. The molecule has 0 amide bonds. The highest BCUT2D eigenvalue weighted by molar-refractivity contribution is 7.13. The maximum atomic E-state index is 11.0. The van der Waals surface area contributed by atoms with Crippen molar-refractivity contribution in [3.8, 4) is 0 Å². The van der Waals surface area contributed by atoms with Crippen molar-refractivity contribution in [3.63, 3.8) is 0 Å². The fourth-order valence-corrected chi connectivity index (χ4v) is 3.53. The van der Waals surface area contributed by atoms with E-state index < -0.39 is 5.97 Å². The highest BCUT2D eigenvalue weighted by Crippen LogP contribution is 2.49. The molecule has 0 aliphatic heterocycles. The Hall–Kier alpha value is -1.68. The number of nitrogens with zero attached hydrogens (tertiary/aromatic N) is 1. The zero-order chi connectivity index (χ0) is 12.6. The Kier molecular flexibility index (Phi) is 2.67. The second kappa shape index (κ2) is 4.21. The summed E-state index contributed by atoms with van der Waals surface area (Å²) in [6, 6.07) is 10.3. The molecule has 0 saturated heterocycles. The van der Waals surface area contributed by atoms with Crippen LogP contribution in [0.1, 0.15) is 39.5 Å². The predicted octanol–water partition coefficient (Wildman–Crippen LogP) is 3.31. The summed E-state index contributed by atoms with van der Waals surface area (Å²) in [4.78, 5) is 15.6. The van der Waals surface area contributed by atoms with Gasteiger partial charge in [-0.15, -0.1) is 11.3 Å². The van der Waals surface area contributed by atoms with Crippen LogP contribution in [-0.4, -0.2) is 16.1 Å². The molecule has 1 aliphatic carbocycles. The van der Waals surface area contributed by atoms with E-state index in [1.807, 2.05) is 18.2 Å². The van der Waals surface area contributed by atoms with Gasteiger partial charge in [0.2, 0.25) is 0 Å². The molecule has 0 bridgehead atoms.